The Balaban J connectivity index is 2.18. The van der Waals surface area contributed by atoms with Crippen LogP contribution in [0, 0.1) is 0 Å². The van der Waals surface area contributed by atoms with Crippen molar-refractivity contribution in [1.82, 2.24) is 0 Å². The number of ether oxygens (including phenoxy) is 1. The van der Waals surface area contributed by atoms with E-state index in [0.29, 0.717) is 23.1 Å². The number of rotatable bonds is 9. The van der Waals surface area contributed by atoms with Gasteiger partial charge in [-0.15, -0.1) is 0 Å². The highest BCUT2D eigenvalue weighted by Gasteiger charge is 2.09. The predicted molar refractivity (Wildman–Crippen MR) is 79.9 cm³/mol. The highest BCUT2D eigenvalue weighted by molar-refractivity contribution is 7.85. The van der Waals surface area contributed by atoms with Gasteiger partial charge < -0.3 is 9.84 Å². The van der Waals surface area contributed by atoms with Crippen LogP contribution in [-0.2, 0) is 22.1 Å². The van der Waals surface area contributed by atoms with Crippen LogP contribution in [0.25, 0.3) is 0 Å². The van der Waals surface area contributed by atoms with Crippen LogP contribution >= 0.6 is 11.6 Å². The van der Waals surface area contributed by atoms with Gasteiger partial charge in [0.05, 0.1) is 25.1 Å². The average molecular weight is 305 g/mol. The first kappa shape index (κ1) is 16.6. The number of hydrogen-bond acceptors (Lipinski definition) is 3. The molecule has 3 nitrogen and oxygen atoms in total. The van der Waals surface area contributed by atoms with Gasteiger partial charge in [0.25, 0.3) is 0 Å². The summed E-state index contributed by atoms with van der Waals surface area (Å²) >= 11 is 5.78. The Labute approximate surface area is 122 Å². The average Bonchev–Trinajstić information content (AvgIpc) is 2.38. The van der Waals surface area contributed by atoms with Gasteiger partial charge in [0.1, 0.15) is 0 Å². The van der Waals surface area contributed by atoms with Gasteiger partial charge >= 0.3 is 0 Å². The molecule has 5 heteroatoms. The molecule has 0 radical (unpaired) electrons. The van der Waals surface area contributed by atoms with E-state index in [-0.39, 0.29) is 6.61 Å². The molecule has 0 aliphatic carbocycles. The molecule has 0 aliphatic heterocycles. The van der Waals surface area contributed by atoms with E-state index in [1.165, 1.54) is 0 Å². The zero-order chi connectivity index (χ0) is 14.1. The Bertz CT molecular complexity index is 381. The van der Waals surface area contributed by atoms with Crippen LogP contribution in [0.3, 0.4) is 0 Å². The minimum absolute atomic E-state index is 0.209. The van der Waals surface area contributed by atoms with Crippen molar-refractivity contribution >= 4 is 22.4 Å². The van der Waals surface area contributed by atoms with Crippen molar-refractivity contribution in [3.05, 3.63) is 34.9 Å². The molecule has 0 aromatic heterocycles. The summed E-state index contributed by atoms with van der Waals surface area (Å²) in [6, 6.07) is 7.37. The number of aliphatic hydroxyl groups is 1. The molecule has 1 rings (SSSR count). The normalized spacial score (nSPS) is 14.3. The molecule has 1 aromatic carbocycles. The molecule has 0 spiro atoms. The molecule has 2 atom stereocenters. The summed E-state index contributed by atoms with van der Waals surface area (Å²) in [6.45, 7) is 2.69. The lowest BCUT2D eigenvalue weighted by Crippen LogP contribution is -2.23. The summed E-state index contributed by atoms with van der Waals surface area (Å²) in [4.78, 5) is 0. The highest BCUT2D eigenvalue weighted by atomic mass is 35.5. The second-order valence-corrected chi connectivity index (χ2v) is 6.52. The quantitative estimate of drug-likeness (QED) is 0.763. The van der Waals surface area contributed by atoms with Gasteiger partial charge in [-0.2, -0.15) is 0 Å². The van der Waals surface area contributed by atoms with E-state index < -0.39 is 16.9 Å². The third kappa shape index (κ3) is 7.67. The number of benzene rings is 1. The SMILES string of the molecule is CCCCS(=O)CC(O)COCc1ccc(Cl)cc1. The standard InChI is InChI=1S/C14H21ClO3S/c1-2-3-8-19(17)11-14(16)10-18-9-12-4-6-13(15)7-5-12/h4-7,14,16H,2-3,8-11H2,1H3. The molecule has 0 saturated carbocycles. The van der Waals surface area contributed by atoms with Crippen molar-refractivity contribution in [3.8, 4) is 0 Å². The molecule has 0 aliphatic rings. The summed E-state index contributed by atoms with van der Waals surface area (Å²) in [7, 11) is -0.948. The van der Waals surface area contributed by atoms with Crippen molar-refractivity contribution in [2.75, 3.05) is 18.1 Å². The smallest absolute Gasteiger partial charge is 0.0888 e. The molecule has 0 heterocycles. The zero-order valence-corrected chi connectivity index (χ0v) is 12.8. The number of unbranched alkanes of at least 4 members (excludes halogenated alkanes) is 1. The third-order valence-corrected chi connectivity index (χ3v) is 4.35. The van der Waals surface area contributed by atoms with Gasteiger partial charge in [0.2, 0.25) is 0 Å². The minimum Gasteiger partial charge on any atom is -0.390 e. The number of halogens is 1. The Morgan fingerprint density at radius 1 is 1.37 bits per heavy atom. The predicted octanol–water partition coefficient (Wildman–Crippen LogP) is 2.77. The van der Waals surface area contributed by atoms with Crippen molar-refractivity contribution in [2.24, 2.45) is 0 Å². The van der Waals surface area contributed by atoms with E-state index in [4.69, 9.17) is 16.3 Å². The van der Waals surface area contributed by atoms with Gasteiger partial charge in [-0.25, -0.2) is 0 Å². The lowest BCUT2D eigenvalue weighted by Gasteiger charge is -2.11. The molecule has 1 N–H and O–H groups in total. The Morgan fingerprint density at radius 3 is 2.68 bits per heavy atom. The molecule has 0 saturated heterocycles. The van der Waals surface area contributed by atoms with Crippen LogP contribution in [-0.4, -0.2) is 33.5 Å². The fraction of sp³-hybridized carbons (Fsp3) is 0.571. The van der Waals surface area contributed by atoms with E-state index >= 15 is 0 Å². The first-order valence-electron chi connectivity index (χ1n) is 6.47. The minimum atomic E-state index is -0.948. The molecule has 108 valence electrons. The summed E-state index contributed by atoms with van der Waals surface area (Å²) in [5.74, 6) is 0.950. The van der Waals surface area contributed by atoms with E-state index in [0.717, 1.165) is 18.4 Å². The lowest BCUT2D eigenvalue weighted by atomic mass is 10.2. The van der Waals surface area contributed by atoms with Crippen LogP contribution in [0.15, 0.2) is 24.3 Å². The Morgan fingerprint density at radius 2 is 2.05 bits per heavy atom. The maximum Gasteiger partial charge on any atom is 0.0888 e. The highest BCUT2D eigenvalue weighted by Crippen LogP contribution is 2.10. The molecule has 0 bridgehead atoms. The van der Waals surface area contributed by atoms with E-state index in [2.05, 4.69) is 6.92 Å². The lowest BCUT2D eigenvalue weighted by molar-refractivity contribution is 0.0394. The summed E-state index contributed by atoms with van der Waals surface area (Å²) < 4.78 is 17.0. The van der Waals surface area contributed by atoms with E-state index in [9.17, 15) is 9.32 Å². The van der Waals surface area contributed by atoms with Crippen LogP contribution in [0.5, 0.6) is 0 Å². The van der Waals surface area contributed by atoms with Crippen LogP contribution in [0.4, 0.5) is 0 Å². The zero-order valence-electron chi connectivity index (χ0n) is 11.2. The molecule has 1 aromatic rings. The molecule has 2 unspecified atom stereocenters. The van der Waals surface area contributed by atoms with Crippen LogP contribution < -0.4 is 0 Å². The van der Waals surface area contributed by atoms with Crippen molar-refractivity contribution in [1.29, 1.82) is 0 Å². The Hall–Kier alpha value is -0.420. The third-order valence-electron chi connectivity index (χ3n) is 2.60. The summed E-state index contributed by atoms with van der Waals surface area (Å²) in [5.41, 5.74) is 1.00. The second kappa shape index (κ2) is 9.48. The molecule has 0 fully saturated rings. The van der Waals surface area contributed by atoms with Crippen LogP contribution in [0.2, 0.25) is 5.02 Å². The molecule has 0 amide bonds. The number of aliphatic hydroxyl groups excluding tert-OH is 1. The summed E-state index contributed by atoms with van der Waals surface area (Å²) in [5, 5.41) is 10.4. The molecular formula is C14H21ClO3S. The van der Waals surface area contributed by atoms with Crippen molar-refractivity contribution in [2.45, 2.75) is 32.5 Å². The molecule has 19 heavy (non-hydrogen) atoms. The first-order chi connectivity index (χ1) is 9.11. The van der Waals surface area contributed by atoms with Crippen molar-refractivity contribution in [3.63, 3.8) is 0 Å². The van der Waals surface area contributed by atoms with E-state index in [1.807, 2.05) is 12.1 Å². The first-order valence-corrected chi connectivity index (χ1v) is 8.33. The fourth-order valence-electron chi connectivity index (χ4n) is 1.54. The van der Waals surface area contributed by atoms with Gasteiger partial charge in [0, 0.05) is 21.6 Å². The largest absolute Gasteiger partial charge is 0.390 e. The van der Waals surface area contributed by atoms with Crippen molar-refractivity contribution < 1.29 is 14.1 Å². The van der Waals surface area contributed by atoms with Gasteiger partial charge in [-0.3, -0.25) is 4.21 Å². The number of hydrogen-bond donors (Lipinski definition) is 1. The molecular weight excluding hydrogens is 284 g/mol. The van der Waals surface area contributed by atoms with Crippen LogP contribution in [0.1, 0.15) is 25.3 Å². The summed E-state index contributed by atoms with van der Waals surface area (Å²) in [6.07, 6.45) is 1.30. The van der Waals surface area contributed by atoms with E-state index in [1.54, 1.807) is 12.1 Å². The second-order valence-electron chi connectivity index (χ2n) is 4.46. The van der Waals surface area contributed by atoms with Gasteiger partial charge in [-0.1, -0.05) is 37.1 Å². The van der Waals surface area contributed by atoms with Gasteiger partial charge in [0.15, 0.2) is 0 Å². The fourth-order valence-corrected chi connectivity index (χ4v) is 2.97. The Kier molecular flexibility index (Phi) is 8.30. The maximum atomic E-state index is 11.6. The maximum absolute atomic E-state index is 11.6. The van der Waals surface area contributed by atoms with Gasteiger partial charge in [-0.05, 0) is 24.1 Å². The topological polar surface area (TPSA) is 46.5 Å². The monoisotopic (exact) mass is 304 g/mol.